The Bertz CT molecular complexity index is 1910. The minimum Gasteiger partial charge on any atom is -0.490 e. The van der Waals surface area contributed by atoms with Gasteiger partial charge in [-0.2, -0.15) is 0 Å². The molecule has 262 valence electrons. The highest BCUT2D eigenvalue weighted by molar-refractivity contribution is 6.09. The van der Waals surface area contributed by atoms with Crippen molar-refractivity contribution in [3.63, 3.8) is 0 Å². The first-order valence-electron chi connectivity index (χ1n) is 17.4. The molecule has 2 aliphatic heterocycles. The van der Waals surface area contributed by atoms with Crippen LogP contribution in [-0.2, 0) is 28.0 Å². The lowest BCUT2D eigenvalue weighted by molar-refractivity contribution is -0.140. The Kier molecular flexibility index (Phi) is 10.2. The fraction of sp³-hybridized carbons (Fsp3) is 0.375. The highest BCUT2D eigenvalue weighted by Crippen LogP contribution is 2.41. The first kappa shape index (κ1) is 34.6. The number of nitrogens with one attached hydrogen (secondary N) is 1. The minimum atomic E-state index is -1.31. The zero-order valence-electron chi connectivity index (χ0n) is 29.4. The first-order chi connectivity index (χ1) is 24.2. The summed E-state index contributed by atoms with van der Waals surface area (Å²) in [5.74, 6) is 1.77. The minimum absolute atomic E-state index is 0.324. The van der Waals surface area contributed by atoms with Crippen molar-refractivity contribution in [1.82, 2.24) is 15.1 Å². The van der Waals surface area contributed by atoms with Crippen LogP contribution in [0.5, 0.6) is 23.0 Å². The second-order valence-electron chi connectivity index (χ2n) is 12.6. The molecule has 4 amide bonds. The number of hydrogen-bond donors (Lipinski definition) is 1. The number of nitrogens with zero attached hydrogens (tertiary/aromatic N) is 2. The highest BCUT2D eigenvalue weighted by Gasteiger charge is 2.50. The average molecular weight is 680 g/mol. The SMILES string of the molecule is CCOc1ccc(C[C@@H]2c3cc(OCC)c(OCC)cc3CCN2C(=O)CN2C(=O)N[C@](C)(c3ccc4ccccc4c3)C2=O)cc1OCC. The molecular formula is C40H45N3O7. The molecule has 2 heterocycles. The number of fused-ring (bicyclic) bond motifs is 2. The lowest BCUT2D eigenvalue weighted by atomic mass is 9.87. The van der Waals surface area contributed by atoms with E-state index in [0.29, 0.717) is 74.4 Å². The number of carbonyl (C=O) groups excluding carboxylic acids is 3. The van der Waals surface area contributed by atoms with E-state index in [4.69, 9.17) is 18.9 Å². The Morgan fingerprint density at radius 3 is 2.12 bits per heavy atom. The van der Waals surface area contributed by atoms with Crippen molar-refractivity contribution >= 4 is 28.6 Å². The maximum atomic E-state index is 14.3. The number of urea groups is 1. The first-order valence-corrected chi connectivity index (χ1v) is 17.4. The third kappa shape index (κ3) is 6.66. The summed E-state index contributed by atoms with van der Waals surface area (Å²) in [4.78, 5) is 44.5. The average Bonchev–Trinajstić information content (AvgIpc) is 3.33. The van der Waals surface area contributed by atoms with E-state index in [1.165, 1.54) is 0 Å². The van der Waals surface area contributed by atoms with Gasteiger partial charge in [-0.25, -0.2) is 4.79 Å². The molecule has 0 bridgehead atoms. The number of hydrogen-bond acceptors (Lipinski definition) is 7. The van der Waals surface area contributed by atoms with Gasteiger partial charge in [0, 0.05) is 6.54 Å². The third-order valence-electron chi connectivity index (χ3n) is 9.41. The van der Waals surface area contributed by atoms with Gasteiger partial charge in [-0.05, 0) is 111 Å². The van der Waals surface area contributed by atoms with Crippen molar-refractivity contribution in [3.05, 3.63) is 95.1 Å². The molecule has 0 unspecified atom stereocenters. The zero-order valence-corrected chi connectivity index (χ0v) is 29.4. The van der Waals surface area contributed by atoms with Gasteiger partial charge >= 0.3 is 6.03 Å². The van der Waals surface area contributed by atoms with Crippen LogP contribution in [0.25, 0.3) is 10.8 Å². The Labute approximate surface area is 293 Å². The lowest BCUT2D eigenvalue weighted by Crippen LogP contribution is -2.48. The van der Waals surface area contributed by atoms with Crippen LogP contribution in [0.2, 0.25) is 0 Å². The molecule has 2 aliphatic rings. The number of rotatable bonds is 13. The normalized spacial score (nSPS) is 18.5. The molecular weight excluding hydrogens is 634 g/mol. The molecule has 10 nitrogen and oxygen atoms in total. The van der Waals surface area contributed by atoms with Crippen LogP contribution in [0, 0.1) is 0 Å². The fourth-order valence-electron chi connectivity index (χ4n) is 6.97. The van der Waals surface area contributed by atoms with Crippen LogP contribution >= 0.6 is 0 Å². The maximum absolute atomic E-state index is 14.3. The molecule has 0 aliphatic carbocycles. The highest BCUT2D eigenvalue weighted by atomic mass is 16.5. The molecule has 0 radical (unpaired) electrons. The lowest BCUT2D eigenvalue weighted by Gasteiger charge is -2.38. The van der Waals surface area contributed by atoms with Crippen LogP contribution in [-0.4, -0.2) is 67.2 Å². The van der Waals surface area contributed by atoms with Gasteiger partial charge in [-0.3, -0.25) is 14.5 Å². The Balaban J connectivity index is 1.32. The molecule has 6 rings (SSSR count). The van der Waals surface area contributed by atoms with Gasteiger partial charge < -0.3 is 29.2 Å². The predicted octanol–water partition coefficient (Wildman–Crippen LogP) is 6.57. The molecule has 1 fully saturated rings. The summed E-state index contributed by atoms with van der Waals surface area (Å²) in [5, 5.41) is 4.86. The quantitative estimate of drug-likeness (QED) is 0.159. The molecule has 10 heteroatoms. The largest absolute Gasteiger partial charge is 0.490 e. The van der Waals surface area contributed by atoms with E-state index in [1.807, 2.05) is 100 Å². The molecule has 0 spiro atoms. The summed E-state index contributed by atoms with van der Waals surface area (Å²) in [6.45, 7) is 11.3. The number of amides is 4. The van der Waals surface area contributed by atoms with Gasteiger partial charge in [-0.1, -0.05) is 42.5 Å². The van der Waals surface area contributed by atoms with Crippen molar-refractivity contribution < 1.29 is 33.3 Å². The number of benzene rings is 4. The van der Waals surface area contributed by atoms with Gasteiger partial charge in [0.2, 0.25) is 5.91 Å². The molecule has 0 saturated carbocycles. The topological polar surface area (TPSA) is 107 Å². The second-order valence-corrected chi connectivity index (χ2v) is 12.6. The standard InChI is InChI=1S/C40H45N3O7/c1-6-47-33-17-14-26(21-34(33)48-7-2)20-32-31-24-36(50-9-4)35(49-8-3)23-29(31)18-19-42(32)37(44)25-43-38(45)40(5,41-39(43)46)30-16-15-27-12-10-11-13-28(27)22-30/h10-17,21-24,32H,6-9,18-20,25H2,1-5H3,(H,41,46)/t32-,40-/m1/s1. The molecule has 0 aromatic heterocycles. The zero-order chi connectivity index (χ0) is 35.4. The van der Waals surface area contributed by atoms with E-state index in [1.54, 1.807) is 11.8 Å². The van der Waals surface area contributed by atoms with Gasteiger partial charge in [-0.15, -0.1) is 0 Å². The van der Waals surface area contributed by atoms with Crippen LogP contribution in [0.15, 0.2) is 72.8 Å². The van der Waals surface area contributed by atoms with Crippen molar-refractivity contribution in [1.29, 1.82) is 0 Å². The summed E-state index contributed by atoms with van der Waals surface area (Å²) in [6, 6.07) is 22.3. The summed E-state index contributed by atoms with van der Waals surface area (Å²) in [6.07, 6.45) is 1.03. The molecule has 1 saturated heterocycles. The smallest absolute Gasteiger partial charge is 0.325 e. The van der Waals surface area contributed by atoms with E-state index < -0.39 is 23.5 Å². The molecule has 50 heavy (non-hydrogen) atoms. The summed E-state index contributed by atoms with van der Waals surface area (Å²) in [7, 11) is 0. The number of imide groups is 1. The summed E-state index contributed by atoms with van der Waals surface area (Å²) < 4.78 is 23.6. The summed E-state index contributed by atoms with van der Waals surface area (Å²) >= 11 is 0. The Morgan fingerprint density at radius 2 is 1.42 bits per heavy atom. The van der Waals surface area contributed by atoms with Gasteiger partial charge in [0.25, 0.3) is 5.91 Å². The van der Waals surface area contributed by atoms with Crippen molar-refractivity contribution in [2.75, 3.05) is 39.5 Å². The monoisotopic (exact) mass is 679 g/mol. The second kappa shape index (κ2) is 14.7. The Hall–Kier alpha value is -5.25. The van der Waals surface area contributed by atoms with Crippen LogP contribution in [0.3, 0.4) is 0 Å². The van der Waals surface area contributed by atoms with Crippen LogP contribution in [0.4, 0.5) is 4.79 Å². The predicted molar refractivity (Wildman–Crippen MR) is 191 cm³/mol. The summed E-state index contributed by atoms with van der Waals surface area (Å²) in [5.41, 5.74) is 2.28. The van der Waals surface area contributed by atoms with Gasteiger partial charge in [0.05, 0.1) is 32.5 Å². The van der Waals surface area contributed by atoms with Crippen LogP contribution < -0.4 is 24.3 Å². The molecule has 1 N–H and O–H groups in total. The molecule has 2 atom stereocenters. The van der Waals surface area contributed by atoms with Crippen molar-refractivity contribution in [2.24, 2.45) is 0 Å². The van der Waals surface area contributed by atoms with E-state index in [2.05, 4.69) is 5.32 Å². The molecule has 4 aromatic rings. The Morgan fingerprint density at radius 1 is 0.780 bits per heavy atom. The van der Waals surface area contributed by atoms with Gasteiger partial charge in [0.1, 0.15) is 12.1 Å². The van der Waals surface area contributed by atoms with E-state index in [0.717, 1.165) is 32.4 Å². The third-order valence-corrected chi connectivity index (χ3v) is 9.41. The number of carbonyl (C=O) groups is 3. The van der Waals surface area contributed by atoms with Crippen molar-refractivity contribution in [3.8, 4) is 23.0 Å². The maximum Gasteiger partial charge on any atom is 0.325 e. The fourth-order valence-corrected chi connectivity index (χ4v) is 6.97. The van der Waals surface area contributed by atoms with E-state index in [-0.39, 0.29) is 12.5 Å². The van der Waals surface area contributed by atoms with Gasteiger partial charge in [0.15, 0.2) is 23.0 Å². The van der Waals surface area contributed by atoms with E-state index in [9.17, 15) is 14.4 Å². The number of ether oxygens (including phenoxy) is 4. The van der Waals surface area contributed by atoms with Crippen LogP contribution in [0.1, 0.15) is 62.9 Å². The molecule has 4 aromatic carbocycles. The van der Waals surface area contributed by atoms with E-state index >= 15 is 0 Å². The van der Waals surface area contributed by atoms with Crippen molar-refractivity contribution in [2.45, 2.75) is 59.0 Å².